The van der Waals surface area contributed by atoms with E-state index in [9.17, 15) is 4.79 Å². The first kappa shape index (κ1) is 15.0. The highest BCUT2D eigenvalue weighted by molar-refractivity contribution is 6.00. The lowest BCUT2D eigenvalue weighted by Crippen LogP contribution is -2.12. The first-order valence-electron chi connectivity index (χ1n) is 7.08. The van der Waals surface area contributed by atoms with Gasteiger partial charge in [0.05, 0.1) is 6.20 Å². The Labute approximate surface area is 132 Å². The van der Waals surface area contributed by atoms with E-state index in [1.807, 2.05) is 24.3 Å². The van der Waals surface area contributed by atoms with Gasteiger partial charge in [-0.05, 0) is 28.3 Å². The number of carbonyl (C=O) groups is 1. The summed E-state index contributed by atoms with van der Waals surface area (Å²) in [4.78, 5) is 19.6. The smallest absolute Gasteiger partial charge is 0.295 e. The molecule has 0 saturated heterocycles. The number of hydrogen-bond acceptors (Lipinski definition) is 6. The fourth-order valence-corrected chi connectivity index (χ4v) is 2.00. The molecule has 0 spiro atoms. The zero-order chi connectivity index (χ0) is 16.4. The molecule has 0 fully saturated rings. The van der Waals surface area contributed by atoms with E-state index in [0.717, 1.165) is 5.56 Å². The summed E-state index contributed by atoms with van der Waals surface area (Å²) in [7, 11) is 0. The van der Waals surface area contributed by atoms with Gasteiger partial charge in [-0.15, -0.1) is 0 Å². The molecule has 7 heteroatoms. The van der Waals surface area contributed by atoms with E-state index in [4.69, 9.17) is 8.94 Å². The number of anilines is 1. The van der Waals surface area contributed by atoms with Crippen molar-refractivity contribution in [2.24, 2.45) is 0 Å². The van der Waals surface area contributed by atoms with Crippen LogP contribution in [0.2, 0.25) is 0 Å². The molecule has 23 heavy (non-hydrogen) atoms. The van der Waals surface area contributed by atoms with Gasteiger partial charge in [-0.3, -0.25) is 10.1 Å². The predicted octanol–water partition coefficient (Wildman–Crippen LogP) is 3.27. The number of rotatable bonds is 3. The molecule has 3 aromatic rings. The average Bonchev–Trinajstić information content (AvgIpc) is 3.18. The quantitative estimate of drug-likeness (QED) is 0.797. The molecule has 1 amide bonds. The van der Waals surface area contributed by atoms with E-state index in [-0.39, 0.29) is 17.1 Å². The molecule has 1 N–H and O–H groups in total. The fraction of sp³-hybridized carbons (Fsp3) is 0.250. The predicted molar refractivity (Wildman–Crippen MR) is 82.9 cm³/mol. The third-order valence-electron chi connectivity index (χ3n) is 3.31. The Kier molecular flexibility index (Phi) is 3.69. The van der Waals surface area contributed by atoms with Crippen LogP contribution in [-0.2, 0) is 5.41 Å². The molecular weight excluding hydrogens is 296 g/mol. The van der Waals surface area contributed by atoms with Gasteiger partial charge in [0.15, 0.2) is 6.39 Å². The summed E-state index contributed by atoms with van der Waals surface area (Å²) in [6.45, 7) is 6.43. The summed E-state index contributed by atoms with van der Waals surface area (Å²) >= 11 is 0. The van der Waals surface area contributed by atoms with Gasteiger partial charge in [-0.2, -0.15) is 4.98 Å². The topological polar surface area (TPSA) is 94.1 Å². The van der Waals surface area contributed by atoms with Crippen LogP contribution in [0, 0.1) is 0 Å². The number of aromatic nitrogens is 3. The van der Waals surface area contributed by atoms with E-state index in [1.165, 1.54) is 18.2 Å². The van der Waals surface area contributed by atoms with Crippen molar-refractivity contribution in [2.75, 3.05) is 5.32 Å². The van der Waals surface area contributed by atoms with Gasteiger partial charge in [0.25, 0.3) is 17.7 Å². The maximum absolute atomic E-state index is 11.8. The van der Waals surface area contributed by atoms with Gasteiger partial charge in [-0.1, -0.05) is 32.9 Å². The minimum Gasteiger partial charge on any atom is -0.438 e. The Morgan fingerprint density at radius 1 is 1.17 bits per heavy atom. The van der Waals surface area contributed by atoms with Gasteiger partial charge in [0.2, 0.25) is 5.76 Å². The molecule has 0 bridgehead atoms. The van der Waals surface area contributed by atoms with Crippen LogP contribution in [0.4, 0.5) is 5.95 Å². The molecule has 0 aliphatic carbocycles. The zero-order valence-electron chi connectivity index (χ0n) is 13.0. The van der Waals surface area contributed by atoms with Crippen molar-refractivity contribution < 1.29 is 13.7 Å². The van der Waals surface area contributed by atoms with Crippen molar-refractivity contribution in [3.05, 3.63) is 48.2 Å². The Balaban J connectivity index is 1.75. The monoisotopic (exact) mass is 312 g/mol. The summed E-state index contributed by atoms with van der Waals surface area (Å²) in [6.07, 6.45) is 2.48. The molecule has 0 atom stereocenters. The SMILES string of the molecule is CC(C)(C)c1ccc(-c2nc(NC(=O)c3cnco3)no2)cc1. The van der Waals surface area contributed by atoms with E-state index in [0.29, 0.717) is 5.89 Å². The van der Waals surface area contributed by atoms with Crippen LogP contribution in [0.3, 0.4) is 0 Å². The van der Waals surface area contributed by atoms with E-state index >= 15 is 0 Å². The van der Waals surface area contributed by atoms with Crippen LogP contribution < -0.4 is 5.32 Å². The maximum atomic E-state index is 11.8. The number of nitrogens with one attached hydrogen (secondary N) is 1. The molecular formula is C16H16N4O3. The number of hydrogen-bond donors (Lipinski definition) is 1. The first-order valence-corrected chi connectivity index (χ1v) is 7.08. The molecule has 0 aliphatic rings. The third kappa shape index (κ3) is 3.28. The van der Waals surface area contributed by atoms with Crippen molar-refractivity contribution in [1.82, 2.24) is 15.1 Å². The van der Waals surface area contributed by atoms with Gasteiger partial charge >= 0.3 is 0 Å². The molecule has 0 saturated carbocycles. The van der Waals surface area contributed by atoms with E-state index in [1.54, 1.807) is 0 Å². The summed E-state index contributed by atoms with van der Waals surface area (Å²) in [6, 6.07) is 7.87. The maximum Gasteiger partial charge on any atom is 0.295 e. The second kappa shape index (κ2) is 5.68. The van der Waals surface area contributed by atoms with Crippen LogP contribution in [0.15, 0.2) is 45.8 Å². The zero-order valence-corrected chi connectivity index (χ0v) is 13.0. The minimum absolute atomic E-state index is 0.0706. The van der Waals surface area contributed by atoms with Gasteiger partial charge in [0, 0.05) is 5.56 Å². The molecule has 0 aliphatic heterocycles. The Morgan fingerprint density at radius 3 is 2.52 bits per heavy atom. The molecule has 1 aromatic carbocycles. The molecule has 0 radical (unpaired) electrons. The van der Waals surface area contributed by atoms with Crippen LogP contribution in [0.1, 0.15) is 36.9 Å². The largest absolute Gasteiger partial charge is 0.438 e. The van der Waals surface area contributed by atoms with Crippen molar-refractivity contribution >= 4 is 11.9 Å². The number of benzene rings is 1. The van der Waals surface area contributed by atoms with Gasteiger partial charge in [0.1, 0.15) is 0 Å². The summed E-state index contributed by atoms with van der Waals surface area (Å²) < 4.78 is 10.1. The number of nitrogens with zero attached hydrogens (tertiary/aromatic N) is 3. The molecule has 3 rings (SSSR count). The lowest BCUT2D eigenvalue weighted by molar-refractivity contribution is 0.0995. The number of oxazole rings is 1. The standard InChI is InChI=1S/C16H16N4O3/c1-16(2,3)11-6-4-10(5-7-11)14-19-15(20-23-14)18-13(21)12-8-17-9-22-12/h4-9H,1-3H3,(H,18,20,21). The van der Waals surface area contributed by atoms with Crippen molar-refractivity contribution in [3.8, 4) is 11.5 Å². The molecule has 0 unspecified atom stereocenters. The van der Waals surface area contributed by atoms with Gasteiger partial charge in [-0.25, -0.2) is 4.98 Å². The minimum atomic E-state index is -0.488. The van der Waals surface area contributed by atoms with Crippen molar-refractivity contribution in [2.45, 2.75) is 26.2 Å². The lowest BCUT2D eigenvalue weighted by atomic mass is 9.87. The van der Waals surface area contributed by atoms with Crippen molar-refractivity contribution in [1.29, 1.82) is 0 Å². The first-order chi connectivity index (χ1) is 10.9. The Bertz CT molecular complexity index is 799. The average molecular weight is 312 g/mol. The number of carbonyl (C=O) groups excluding carboxylic acids is 1. The van der Waals surface area contributed by atoms with Crippen LogP contribution in [0.25, 0.3) is 11.5 Å². The normalized spacial score (nSPS) is 11.4. The third-order valence-corrected chi connectivity index (χ3v) is 3.31. The second-order valence-corrected chi connectivity index (χ2v) is 6.07. The molecule has 2 heterocycles. The van der Waals surface area contributed by atoms with E-state index < -0.39 is 5.91 Å². The molecule has 2 aromatic heterocycles. The summed E-state index contributed by atoms with van der Waals surface area (Å²) in [5.74, 6) is -0.0107. The second-order valence-electron chi connectivity index (χ2n) is 6.07. The molecule has 7 nitrogen and oxygen atoms in total. The Hall–Kier alpha value is -2.96. The van der Waals surface area contributed by atoms with Crippen LogP contribution in [-0.4, -0.2) is 21.0 Å². The van der Waals surface area contributed by atoms with Crippen LogP contribution in [0.5, 0.6) is 0 Å². The van der Waals surface area contributed by atoms with E-state index in [2.05, 4.69) is 41.2 Å². The number of amides is 1. The van der Waals surface area contributed by atoms with Crippen LogP contribution >= 0.6 is 0 Å². The molecule has 118 valence electrons. The van der Waals surface area contributed by atoms with Crippen molar-refractivity contribution in [3.63, 3.8) is 0 Å². The fourth-order valence-electron chi connectivity index (χ4n) is 2.00. The summed E-state index contributed by atoms with van der Waals surface area (Å²) in [5.41, 5.74) is 2.06. The highest BCUT2D eigenvalue weighted by Gasteiger charge is 2.16. The highest BCUT2D eigenvalue weighted by atomic mass is 16.5. The highest BCUT2D eigenvalue weighted by Crippen LogP contribution is 2.25. The lowest BCUT2D eigenvalue weighted by Gasteiger charge is -2.18. The Morgan fingerprint density at radius 2 is 1.91 bits per heavy atom. The van der Waals surface area contributed by atoms with Gasteiger partial charge < -0.3 is 8.94 Å². The summed E-state index contributed by atoms with van der Waals surface area (Å²) in [5, 5.41) is 6.21.